The van der Waals surface area contributed by atoms with Crippen molar-refractivity contribution in [3.8, 4) is 5.75 Å². The maximum absolute atomic E-state index is 6.15. The number of rotatable bonds is 4. The fourth-order valence-corrected chi connectivity index (χ4v) is 2.35. The van der Waals surface area contributed by atoms with E-state index in [-0.39, 0.29) is 19.0 Å². The van der Waals surface area contributed by atoms with Crippen molar-refractivity contribution < 1.29 is 9.26 Å². The van der Waals surface area contributed by atoms with Gasteiger partial charge in [0.15, 0.2) is 12.4 Å². The van der Waals surface area contributed by atoms with E-state index in [0.29, 0.717) is 22.5 Å². The number of halogens is 2. The molecule has 0 amide bonds. The van der Waals surface area contributed by atoms with Crippen molar-refractivity contribution in [3.05, 3.63) is 40.5 Å². The SMILES string of the molecule is Cc1c(Cl)cccc1OCc1nc(C2(N)CCC2)no1.Cl. The number of benzene rings is 1. The van der Waals surface area contributed by atoms with Crippen LogP contribution in [-0.2, 0) is 12.1 Å². The largest absolute Gasteiger partial charge is 0.483 e. The predicted molar refractivity (Wildman–Crippen MR) is 81.8 cm³/mol. The molecule has 0 saturated heterocycles. The van der Waals surface area contributed by atoms with Gasteiger partial charge in [-0.3, -0.25) is 0 Å². The normalized spacial score (nSPS) is 16.0. The second kappa shape index (κ2) is 6.22. The topological polar surface area (TPSA) is 74.2 Å². The van der Waals surface area contributed by atoms with Crippen molar-refractivity contribution >= 4 is 24.0 Å². The first-order valence-corrected chi connectivity index (χ1v) is 6.96. The van der Waals surface area contributed by atoms with Gasteiger partial charge in [0, 0.05) is 10.6 Å². The summed E-state index contributed by atoms with van der Waals surface area (Å²) in [7, 11) is 0. The van der Waals surface area contributed by atoms with Gasteiger partial charge in [0.1, 0.15) is 5.75 Å². The van der Waals surface area contributed by atoms with E-state index in [4.69, 9.17) is 26.6 Å². The third-order valence-electron chi connectivity index (χ3n) is 3.73. The van der Waals surface area contributed by atoms with Crippen molar-refractivity contribution in [1.82, 2.24) is 10.1 Å². The average Bonchev–Trinajstić information content (AvgIpc) is 2.87. The van der Waals surface area contributed by atoms with Gasteiger partial charge >= 0.3 is 0 Å². The lowest BCUT2D eigenvalue weighted by atomic mass is 9.77. The molecule has 5 nitrogen and oxygen atoms in total. The van der Waals surface area contributed by atoms with Gasteiger partial charge < -0.3 is 15.0 Å². The van der Waals surface area contributed by atoms with Crippen LogP contribution in [0.2, 0.25) is 5.02 Å². The van der Waals surface area contributed by atoms with Crippen molar-refractivity contribution in [2.75, 3.05) is 0 Å². The summed E-state index contributed by atoms with van der Waals surface area (Å²) in [5.74, 6) is 1.71. The molecule has 1 saturated carbocycles. The predicted octanol–water partition coefficient (Wildman–Crippen LogP) is 3.37. The fourth-order valence-electron chi connectivity index (χ4n) is 2.18. The molecule has 1 heterocycles. The van der Waals surface area contributed by atoms with Gasteiger partial charge in [-0.05, 0) is 38.3 Å². The Morgan fingerprint density at radius 3 is 2.86 bits per heavy atom. The Morgan fingerprint density at radius 2 is 2.19 bits per heavy atom. The van der Waals surface area contributed by atoms with E-state index in [9.17, 15) is 0 Å². The van der Waals surface area contributed by atoms with Gasteiger partial charge in [0.25, 0.3) is 5.89 Å². The standard InChI is InChI=1S/C14H16ClN3O2.ClH/c1-9-10(15)4-2-5-11(9)19-8-12-17-13(18-20-12)14(16)6-3-7-14;/h2,4-5H,3,6-8,16H2,1H3;1H. The molecule has 7 heteroatoms. The number of ether oxygens (including phenoxy) is 1. The molecule has 0 radical (unpaired) electrons. The molecule has 1 aliphatic rings. The van der Waals surface area contributed by atoms with Crippen LogP contribution in [0.4, 0.5) is 0 Å². The minimum absolute atomic E-state index is 0. The summed E-state index contributed by atoms with van der Waals surface area (Å²) >= 11 is 6.04. The number of nitrogens with two attached hydrogens (primary N) is 1. The lowest BCUT2D eigenvalue weighted by Gasteiger charge is -2.34. The summed E-state index contributed by atoms with van der Waals surface area (Å²) < 4.78 is 10.8. The van der Waals surface area contributed by atoms with Gasteiger partial charge in [-0.25, -0.2) is 0 Å². The maximum atomic E-state index is 6.15. The van der Waals surface area contributed by atoms with Crippen LogP contribution in [0, 0.1) is 6.92 Å². The Hall–Kier alpha value is -1.30. The minimum Gasteiger partial charge on any atom is -0.483 e. The Balaban J connectivity index is 0.00000161. The maximum Gasteiger partial charge on any atom is 0.264 e. The number of aromatic nitrogens is 2. The van der Waals surface area contributed by atoms with E-state index in [1.54, 1.807) is 0 Å². The smallest absolute Gasteiger partial charge is 0.264 e. The molecule has 0 bridgehead atoms. The van der Waals surface area contributed by atoms with Gasteiger partial charge in [0.05, 0.1) is 5.54 Å². The van der Waals surface area contributed by atoms with Crippen LogP contribution >= 0.6 is 24.0 Å². The van der Waals surface area contributed by atoms with Crippen molar-refractivity contribution in [3.63, 3.8) is 0 Å². The van der Waals surface area contributed by atoms with Crippen LogP contribution in [0.25, 0.3) is 0 Å². The summed E-state index contributed by atoms with van der Waals surface area (Å²) in [6, 6.07) is 5.52. The lowest BCUT2D eigenvalue weighted by Crippen LogP contribution is -2.44. The zero-order valence-corrected chi connectivity index (χ0v) is 13.2. The van der Waals surface area contributed by atoms with E-state index in [2.05, 4.69) is 10.1 Å². The highest BCUT2D eigenvalue weighted by Crippen LogP contribution is 2.36. The Bertz CT molecular complexity index is 626. The molecule has 0 atom stereocenters. The molecule has 0 unspecified atom stereocenters. The molecule has 3 rings (SSSR count). The van der Waals surface area contributed by atoms with Crippen molar-refractivity contribution in [2.45, 2.75) is 38.3 Å². The monoisotopic (exact) mass is 329 g/mol. The Labute approximate surface area is 134 Å². The molecule has 1 fully saturated rings. The molecule has 2 aromatic rings. The van der Waals surface area contributed by atoms with Gasteiger partial charge in [0.2, 0.25) is 0 Å². The quantitative estimate of drug-likeness (QED) is 0.930. The Morgan fingerprint density at radius 1 is 1.43 bits per heavy atom. The van der Waals surface area contributed by atoms with E-state index in [0.717, 1.165) is 24.8 Å². The molecule has 1 aliphatic carbocycles. The van der Waals surface area contributed by atoms with Crippen molar-refractivity contribution in [2.24, 2.45) is 5.73 Å². The zero-order valence-electron chi connectivity index (χ0n) is 11.6. The summed E-state index contributed by atoms with van der Waals surface area (Å²) in [5, 5.41) is 4.62. The molecule has 21 heavy (non-hydrogen) atoms. The van der Waals surface area contributed by atoms with E-state index in [1.165, 1.54) is 0 Å². The third-order valence-corrected chi connectivity index (χ3v) is 4.14. The second-order valence-electron chi connectivity index (χ2n) is 5.17. The molecule has 2 N–H and O–H groups in total. The molecule has 0 spiro atoms. The molecular weight excluding hydrogens is 313 g/mol. The van der Waals surface area contributed by atoms with Crippen molar-refractivity contribution in [1.29, 1.82) is 0 Å². The zero-order chi connectivity index (χ0) is 14.2. The Kier molecular flexibility index (Phi) is 4.76. The van der Waals surface area contributed by atoms with Crippen LogP contribution in [0.15, 0.2) is 22.7 Å². The minimum atomic E-state index is -0.409. The van der Waals surface area contributed by atoms with Gasteiger partial charge in [-0.2, -0.15) is 4.98 Å². The lowest BCUT2D eigenvalue weighted by molar-refractivity contribution is 0.222. The summed E-state index contributed by atoms with van der Waals surface area (Å²) in [5.41, 5.74) is 6.63. The molecule has 114 valence electrons. The number of nitrogens with zero attached hydrogens (tertiary/aromatic N) is 2. The first kappa shape index (κ1) is 16.1. The molecule has 0 aliphatic heterocycles. The summed E-state index contributed by atoms with van der Waals surface area (Å²) in [6.07, 6.45) is 2.92. The van der Waals surface area contributed by atoms with E-state index >= 15 is 0 Å². The fraction of sp³-hybridized carbons (Fsp3) is 0.429. The number of hydrogen-bond acceptors (Lipinski definition) is 5. The highest BCUT2D eigenvalue weighted by Gasteiger charge is 2.38. The van der Waals surface area contributed by atoms with Crippen LogP contribution in [-0.4, -0.2) is 10.1 Å². The van der Waals surface area contributed by atoms with Gasteiger partial charge in [-0.1, -0.05) is 22.8 Å². The van der Waals surface area contributed by atoms with E-state index < -0.39 is 5.54 Å². The average molecular weight is 330 g/mol. The third kappa shape index (κ3) is 3.15. The first-order chi connectivity index (χ1) is 9.58. The van der Waals surface area contributed by atoms with Gasteiger partial charge in [-0.15, -0.1) is 12.4 Å². The highest BCUT2D eigenvalue weighted by atomic mass is 35.5. The molecule has 1 aromatic heterocycles. The molecule has 1 aromatic carbocycles. The van der Waals surface area contributed by atoms with Crippen LogP contribution in [0.1, 0.15) is 36.5 Å². The van der Waals surface area contributed by atoms with Crippen LogP contribution < -0.4 is 10.5 Å². The van der Waals surface area contributed by atoms with Crippen LogP contribution in [0.5, 0.6) is 5.75 Å². The number of hydrogen-bond donors (Lipinski definition) is 1. The highest BCUT2D eigenvalue weighted by molar-refractivity contribution is 6.31. The summed E-state index contributed by atoms with van der Waals surface area (Å²) in [6.45, 7) is 2.12. The second-order valence-corrected chi connectivity index (χ2v) is 5.58. The van der Waals surface area contributed by atoms with Crippen LogP contribution in [0.3, 0.4) is 0 Å². The first-order valence-electron chi connectivity index (χ1n) is 6.58. The molecular formula is C14H17Cl2N3O2. The van der Waals surface area contributed by atoms with E-state index in [1.807, 2.05) is 25.1 Å². The summed E-state index contributed by atoms with van der Waals surface area (Å²) in [4.78, 5) is 4.31.